The predicted molar refractivity (Wildman–Crippen MR) is 113 cm³/mol. The third-order valence-corrected chi connectivity index (χ3v) is 7.94. The molecule has 27 heavy (non-hydrogen) atoms. The normalized spacial score (nSPS) is 12.1. The summed E-state index contributed by atoms with van der Waals surface area (Å²) >= 11 is 3.47. The summed E-state index contributed by atoms with van der Waals surface area (Å²) in [6, 6.07) is 10.3. The van der Waals surface area contributed by atoms with Crippen LogP contribution in [0.1, 0.15) is 0 Å². The first kappa shape index (κ1) is 18.1. The Morgan fingerprint density at radius 1 is 1.15 bits per heavy atom. The second kappa shape index (κ2) is 6.74. The molecule has 0 saturated carbocycles. The van der Waals surface area contributed by atoms with Crippen molar-refractivity contribution in [1.82, 2.24) is 19.2 Å². The summed E-state index contributed by atoms with van der Waals surface area (Å²) in [4.78, 5) is 8.07. The highest BCUT2D eigenvalue weighted by Crippen LogP contribution is 2.29. The number of rotatable bonds is 4. The predicted octanol–water partition coefficient (Wildman–Crippen LogP) is 3.12. The maximum atomic E-state index is 12.8. The van der Waals surface area contributed by atoms with E-state index in [1.54, 1.807) is 48.9 Å². The van der Waals surface area contributed by atoms with Gasteiger partial charge >= 0.3 is 0 Å². The first-order valence-corrected chi connectivity index (χ1v) is 13.5. The summed E-state index contributed by atoms with van der Waals surface area (Å²) in [5.74, 6) is 0. The van der Waals surface area contributed by atoms with Gasteiger partial charge in [0.15, 0.2) is 0 Å². The van der Waals surface area contributed by atoms with E-state index in [4.69, 9.17) is 0 Å². The fourth-order valence-electron chi connectivity index (χ4n) is 3.07. The minimum absolute atomic E-state index is 0.210. The molecule has 0 aliphatic rings. The maximum Gasteiger partial charge on any atom is 0.282 e. The maximum absolute atomic E-state index is 12.8. The summed E-state index contributed by atoms with van der Waals surface area (Å²) in [5.41, 5.74) is 2.54. The van der Waals surface area contributed by atoms with Crippen LogP contribution in [-0.4, -0.2) is 36.4 Å². The molecule has 4 aromatic rings. The number of nitrogens with one attached hydrogen (secondary N) is 1. The van der Waals surface area contributed by atoms with Crippen LogP contribution in [-0.2, 0) is 10.0 Å². The second-order valence-electron chi connectivity index (χ2n) is 6.54. The quantitative estimate of drug-likeness (QED) is 0.474. The Balaban J connectivity index is 1.89. The number of halogens is 1. The molecule has 4 rings (SSSR count). The Hall–Kier alpha value is -2.23. The van der Waals surface area contributed by atoms with Gasteiger partial charge in [0.1, 0.15) is 5.65 Å². The Bertz CT molecular complexity index is 1230. The van der Waals surface area contributed by atoms with Gasteiger partial charge in [-0.3, -0.25) is 0 Å². The minimum atomic E-state index is -3.72. The van der Waals surface area contributed by atoms with E-state index in [2.05, 4.69) is 44.1 Å². The molecule has 0 radical (unpaired) electrons. The Morgan fingerprint density at radius 2 is 1.89 bits per heavy atom. The summed E-state index contributed by atoms with van der Waals surface area (Å²) < 4.78 is 27.6. The Labute approximate surface area is 167 Å². The molecular formula is C18H17BrN4O2SSi. The van der Waals surface area contributed by atoms with Crippen molar-refractivity contribution in [1.29, 1.82) is 0 Å². The van der Waals surface area contributed by atoms with Gasteiger partial charge < -0.3 is 4.98 Å². The summed E-state index contributed by atoms with van der Waals surface area (Å²) in [7, 11) is -4.94. The number of fused-ring (bicyclic) bond motifs is 1. The van der Waals surface area contributed by atoms with E-state index in [0.29, 0.717) is 0 Å². The highest BCUT2D eigenvalue weighted by Gasteiger charge is 2.22. The number of hydrogen-bond acceptors (Lipinski definition) is 4. The van der Waals surface area contributed by atoms with Crippen LogP contribution in [0.3, 0.4) is 0 Å². The molecule has 0 saturated heterocycles. The first-order valence-electron chi connectivity index (χ1n) is 8.40. The lowest BCUT2D eigenvalue weighted by Crippen LogP contribution is -2.25. The van der Waals surface area contributed by atoms with Crippen molar-refractivity contribution in [2.24, 2.45) is 0 Å². The van der Waals surface area contributed by atoms with Crippen LogP contribution in [0.15, 0.2) is 64.4 Å². The largest absolute Gasteiger partial charge is 0.347 e. The monoisotopic (exact) mass is 460 g/mol. The summed E-state index contributed by atoms with van der Waals surface area (Å²) in [6.45, 7) is 4.43. The van der Waals surface area contributed by atoms with Crippen molar-refractivity contribution in [3.8, 4) is 11.1 Å². The topological polar surface area (TPSA) is 80.6 Å². The van der Waals surface area contributed by atoms with Crippen LogP contribution in [0, 0.1) is 0 Å². The number of hydrogen-bond donors (Lipinski definition) is 1. The molecule has 6 nitrogen and oxygen atoms in total. The molecule has 1 aromatic carbocycles. The standard InChI is InChI=1S/C18H17BrN4O2SSi/c1-27(2)18-16(15-8-13(19)10-20-17(15)22-18)12-9-21-23(11-12)26(24,25)14-6-4-3-5-7-14/h3-11,27H,1-2H3,(H,20,22). The fourth-order valence-corrected chi connectivity index (χ4v) is 5.87. The molecule has 3 aromatic heterocycles. The number of aromatic nitrogens is 4. The van der Waals surface area contributed by atoms with Gasteiger partial charge in [-0.25, -0.2) is 4.98 Å². The van der Waals surface area contributed by atoms with E-state index in [9.17, 15) is 8.42 Å². The summed E-state index contributed by atoms with van der Waals surface area (Å²) in [6.07, 6.45) is 4.92. The van der Waals surface area contributed by atoms with E-state index in [1.165, 1.54) is 0 Å². The molecule has 0 atom stereocenters. The minimum Gasteiger partial charge on any atom is -0.347 e. The van der Waals surface area contributed by atoms with Crippen molar-refractivity contribution >= 4 is 51.1 Å². The van der Waals surface area contributed by atoms with Gasteiger partial charge in [-0.15, -0.1) is 0 Å². The molecule has 0 spiro atoms. The van der Waals surface area contributed by atoms with Gasteiger partial charge in [0.25, 0.3) is 10.0 Å². The molecule has 9 heteroatoms. The molecule has 0 bridgehead atoms. The second-order valence-corrected chi connectivity index (χ2v) is 12.1. The zero-order chi connectivity index (χ0) is 19.2. The third-order valence-electron chi connectivity index (χ3n) is 4.36. The first-order chi connectivity index (χ1) is 12.9. The van der Waals surface area contributed by atoms with E-state index >= 15 is 0 Å². The van der Waals surface area contributed by atoms with Gasteiger partial charge in [-0.05, 0) is 34.1 Å². The smallest absolute Gasteiger partial charge is 0.282 e. The highest BCUT2D eigenvalue weighted by molar-refractivity contribution is 9.10. The SMILES string of the molecule is C[SiH](C)c1[nH]c2ncc(Br)cc2c1-c1cnn(S(=O)(=O)c2ccccc2)c1. The van der Waals surface area contributed by atoms with Crippen LogP contribution in [0.25, 0.3) is 22.2 Å². The average molecular weight is 461 g/mol. The van der Waals surface area contributed by atoms with Gasteiger partial charge in [0.05, 0.1) is 26.1 Å². The molecular weight excluding hydrogens is 444 g/mol. The van der Waals surface area contributed by atoms with Gasteiger partial charge in [-0.2, -0.15) is 17.6 Å². The third kappa shape index (κ3) is 3.15. The number of aromatic amines is 1. The lowest BCUT2D eigenvalue weighted by atomic mass is 10.1. The van der Waals surface area contributed by atoms with Crippen molar-refractivity contribution in [2.75, 3.05) is 0 Å². The molecule has 0 unspecified atom stereocenters. The lowest BCUT2D eigenvalue weighted by Gasteiger charge is -2.05. The van der Waals surface area contributed by atoms with Gasteiger partial charge in [0, 0.05) is 32.5 Å². The molecule has 0 aliphatic heterocycles. The van der Waals surface area contributed by atoms with Crippen LogP contribution in [0.2, 0.25) is 13.1 Å². The van der Waals surface area contributed by atoms with Crippen molar-refractivity contribution in [3.63, 3.8) is 0 Å². The molecule has 0 fully saturated rings. The molecule has 1 N–H and O–H groups in total. The number of benzene rings is 1. The van der Waals surface area contributed by atoms with Crippen molar-refractivity contribution in [3.05, 3.63) is 59.5 Å². The van der Waals surface area contributed by atoms with E-state index in [0.717, 1.165) is 36.0 Å². The lowest BCUT2D eigenvalue weighted by molar-refractivity contribution is 0.580. The zero-order valence-electron chi connectivity index (χ0n) is 14.7. The fraction of sp³-hybridized carbons (Fsp3) is 0.111. The zero-order valence-corrected chi connectivity index (χ0v) is 18.3. The highest BCUT2D eigenvalue weighted by atomic mass is 79.9. The van der Waals surface area contributed by atoms with Crippen molar-refractivity contribution < 1.29 is 8.42 Å². The Kier molecular flexibility index (Phi) is 4.53. The molecule has 0 aliphatic carbocycles. The number of nitrogens with zero attached hydrogens (tertiary/aromatic N) is 3. The van der Waals surface area contributed by atoms with E-state index in [1.807, 2.05) is 6.07 Å². The van der Waals surface area contributed by atoms with E-state index in [-0.39, 0.29) is 4.90 Å². The number of H-pyrrole nitrogens is 1. The summed E-state index contributed by atoms with van der Waals surface area (Å²) in [5, 5.41) is 6.24. The van der Waals surface area contributed by atoms with Crippen LogP contribution >= 0.6 is 15.9 Å². The van der Waals surface area contributed by atoms with Crippen LogP contribution in [0.4, 0.5) is 0 Å². The molecule has 0 amide bonds. The van der Waals surface area contributed by atoms with Gasteiger partial charge in [0.2, 0.25) is 0 Å². The average Bonchev–Trinajstić information content (AvgIpc) is 3.27. The Morgan fingerprint density at radius 3 is 2.59 bits per heavy atom. The van der Waals surface area contributed by atoms with E-state index < -0.39 is 18.8 Å². The van der Waals surface area contributed by atoms with Crippen LogP contribution in [0.5, 0.6) is 0 Å². The molecule has 3 heterocycles. The van der Waals surface area contributed by atoms with Gasteiger partial charge in [-0.1, -0.05) is 31.3 Å². The van der Waals surface area contributed by atoms with Crippen molar-refractivity contribution in [2.45, 2.75) is 18.0 Å². The number of pyridine rings is 1. The molecule has 138 valence electrons. The van der Waals surface area contributed by atoms with Crippen LogP contribution < -0.4 is 5.32 Å².